The van der Waals surface area contributed by atoms with E-state index in [1.807, 2.05) is 0 Å². The first-order valence-electron chi connectivity index (χ1n) is 6.29. The first-order chi connectivity index (χ1) is 9.06. The fourth-order valence-electron chi connectivity index (χ4n) is 1.56. The van der Waals surface area contributed by atoms with E-state index in [9.17, 15) is 19.5 Å². The maximum atomic E-state index is 11.9. The highest BCUT2D eigenvalue weighted by molar-refractivity contribution is 5.83. The first kappa shape index (κ1) is 18.2. The summed E-state index contributed by atoms with van der Waals surface area (Å²) in [7, 11) is 0. The normalized spacial score (nSPS) is 12.6. The summed E-state index contributed by atoms with van der Waals surface area (Å²) in [5, 5.41) is 29.4. The average molecular weight is 290 g/mol. The molecule has 0 fully saturated rings. The molecule has 8 nitrogen and oxygen atoms in total. The molecular weight excluding hydrogens is 268 g/mol. The monoisotopic (exact) mass is 290 g/mol. The lowest BCUT2D eigenvalue weighted by Gasteiger charge is -2.29. The molecule has 0 spiro atoms. The van der Waals surface area contributed by atoms with Gasteiger partial charge in [0.25, 0.3) is 0 Å². The van der Waals surface area contributed by atoms with Crippen LogP contribution in [0.1, 0.15) is 33.6 Å². The van der Waals surface area contributed by atoms with Crippen LogP contribution in [0.4, 0.5) is 4.79 Å². The van der Waals surface area contributed by atoms with Crippen LogP contribution in [-0.4, -0.2) is 62.9 Å². The lowest BCUT2D eigenvalue weighted by Crippen LogP contribution is -2.51. The topological polar surface area (TPSA) is 127 Å². The number of carbonyl (C=O) groups excluding carboxylic acids is 1. The summed E-state index contributed by atoms with van der Waals surface area (Å²) in [6.07, 6.45) is -0.550. The Morgan fingerprint density at radius 3 is 2.15 bits per heavy atom. The van der Waals surface area contributed by atoms with Crippen LogP contribution in [0.25, 0.3) is 0 Å². The summed E-state index contributed by atoms with van der Waals surface area (Å²) >= 11 is 0. The van der Waals surface area contributed by atoms with Crippen molar-refractivity contribution in [2.75, 3.05) is 13.1 Å². The van der Waals surface area contributed by atoms with Crippen molar-refractivity contribution in [1.82, 2.24) is 10.2 Å². The number of aliphatic carboxylic acids is 2. The summed E-state index contributed by atoms with van der Waals surface area (Å²) in [5.74, 6) is -2.42. The highest BCUT2D eigenvalue weighted by Gasteiger charge is 2.26. The van der Waals surface area contributed by atoms with Gasteiger partial charge in [-0.15, -0.1) is 0 Å². The van der Waals surface area contributed by atoms with Gasteiger partial charge in [0.1, 0.15) is 6.04 Å². The molecule has 0 heterocycles. The van der Waals surface area contributed by atoms with E-state index in [1.54, 1.807) is 6.92 Å². The maximum Gasteiger partial charge on any atom is 0.326 e. The summed E-state index contributed by atoms with van der Waals surface area (Å²) in [5.41, 5.74) is -1.10. The molecule has 0 saturated carbocycles. The van der Waals surface area contributed by atoms with Gasteiger partial charge in [0.15, 0.2) is 0 Å². The molecule has 0 saturated heterocycles. The Balaban J connectivity index is 4.64. The Bertz CT molecular complexity index is 363. The third-order valence-electron chi connectivity index (χ3n) is 2.49. The number of urea groups is 1. The van der Waals surface area contributed by atoms with Gasteiger partial charge in [-0.3, -0.25) is 4.79 Å². The number of aliphatic hydroxyl groups is 1. The quantitative estimate of drug-likeness (QED) is 0.502. The molecule has 0 aromatic heterocycles. The molecule has 20 heavy (non-hydrogen) atoms. The van der Waals surface area contributed by atoms with E-state index >= 15 is 0 Å². The van der Waals surface area contributed by atoms with E-state index in [1.165, 1.54) is 18.7 Å². The number of carboxylic acids is 2. The molecule has 0 aromatic rings. The highest BCUT2D eigenvalue weighted by Crippen LogP contribution is 2.06. The van der Waals surface area contributed by atoms with Gasteiger partial charge < -0.3 is 25.5 Å². The minimum absolute atomic E-state index is 0.0423. The first-order valence-corrected chi connectivity index (χ1v) is 6.29. The number of carboxylic acid groups (broad SMARTS) is 2. The van der Waals surface area contributed by atoms with Crippen LogP contribution in [0.5, 0.6) is 0 Å². The van der Waals surface area contributed by atoms with Crippen molar-refractivity contribution in [2.24, 2.45) is 0 Å². The van der Waals surface area contributed by atoms with Gasteiger partial charge in [0.2, 0.25) is 0 Å². The third-order valence-corrected chi connectivity index (χ3v) is 2.49. The molecule has 0 unspecified atom stereocenters. The van der Waals surface area contributed by atoms with E-state index in [2.05, 4.69) is 5.32 Å². The lowest BCUT2D eigenvalue weighted by atomic mass is 10.1. The van der Waals surface area contributed by atoms with Gasteiger partial charge in [0, 0.05) is 13.0 Å². The SMILES string of the molecule is CCN(CC(C)(C)O)C(=O)N[C@@H](CCC(=O)O)C(=O)O. The van der Waals surface area contributed by atoms with E-state index in [4.69, 9.17) is 10.2 Å². The number of hydrogen-bond donors (Lipinski definition) is 4. The molecule has 0 aromatic carbocycles. The van der Waals surface area contributed by atoms with Crippen molar-refractivity contribution in [1.29, 1.82) is 0 Å². The molecule has 0 rings (SSSR count). The van der Waals surface area contributed by atoms with Crippen LogP contribution in [0, 0.1) is 0 Å². The molecule has 0 bridgehead atoms. The second kappa shape index (κ2) is 7.68. The number of nitrogens with one attached hydrogen (secondary N) is 1. The number of carbonyl (C=O) groups is 3. The van der Waals surface area contributed by atoms with Crippen molar-refractivity contribution in [3.63, 3.8) is 0 Å². The minimum Gasteiger partial charge on any atom is -0.481 e. The van der Waals surface area contributed by atoms with Crippen molar-refractivity contribution in [3.05, 3.63) is 0 Å². The lowest BCUT2D eigenvalue weighted by molar-refractivity contribution is -0.140. The number of nitrogens with zero attached hydrogens (tertiary/aromatic N) is 1. The van der Waals surface area contributed by atoms with Crippen molar-refractivity contribution < 1.29 is 29.7 Å². The van der Waals surface area contributed by atoms with Gasteiger partial charge in [-0.2, -0.15) is 0 Å². The summed E-state index contributed by atoms with van der Waals surface area (Å²) in [4.78, 5) is 34.6. The van der Waals surface area contributed by atoms with Gasteiger partial charge in [-0.05, 0) is 27.2 Å². The third kappa shape index (κ3) is 7.57. The van der Waals surface area contributed by atoms with Crippen molar-refractivity contribution in [2.45, 2.75) is 45.3 Å². The number of likely N-dealkylation sites (N-methyl/N-ethyl adjacent to an activating group) is 1. The molecule has 1 atom stereocenters. The van der Waals surface area contributed by atoms with E-state index in [-0.39, 0.29) is 19.4 Å². The zero-order valence-corrected chi connectivity index (χ0v) is 11.9. The van der Waals surface area contributed by atoms with Crippen LogP contribution < -0.4 is 5.32 Å². The fraction of sp³-hybridized carbons (Fsp3) is 0.750. The van der Waals surface area contributed by atoms with Crippen LogP contribution in [0.15, 0.2) is 0 Å². The zero-order valence-electron chi connectivity index (χ0n) is 11.9. The van der Waals surface area contributed by atoms with E-state index in [0.29, 0.717) is 6.54 Å². The summed E-state index contributed by atoms with van der Waals surface area (Å²) in [6, 6.07) is -1.91. The Morgan fingerprint density at radius 1 is 1.25 bits per heavy atom. The molecule has 0 aliphatic carbocycles. The van der Waals surface area contributed by atoms with E-state index < -0.39 is 29.6 Å². The largest absolute Gasteiger partial charge is 0.481 e. The molecule has 0 radical (unpaired) electrons. The highest BCUT2D eigenvalue weighted by atomic mass is 16.4. The second-order valence-electron chi connectivity index (χ2n) is 5.10. The molecule has 8 heteroatoms. The Kier molecular flexibility index (Phi) is 6.98. The summed E-state index contributed by atoms with van der Waals surface area (Å²) < 4.78 is 0. The smallest absolute Gasteiger partial charge is 0.326 e. The zero-order chi connectivity index (χ0) is 15.9. The van der Waals surface area contributed by atoms with Crippen LogP contribution in [-0.2, 0) is 9.59 Å². The Hall–Kier alpha value is -1.83. The standard InChI is InChI=1S/C12H22N2O6/c1-4-14(7-12(2,3)20)11(19)13-8(10(17)18)5-6-9(15)16/h8,20H,4-7H2,1-3H3,(H,13,19)(H,15,16)(H,17,18)/t8-/m0/s1. The molecule has 0 aliphatic heterocycles. The van der Waals surface area contributed by atoms with Gasteiger partial charge >= 0.3 is 18.0 Å². The average Bonchev–Trinajstić information content (AvgIpc) is 2.29. The molecular formula is C12H22N2O6. The predicted molar refractivity (Wildman–Crippen MR) is 70.4 cm³/mol. The number of rotatable bonds is 8. The van der Waals surface area contributed by atoms with Crippen LogP contribution in [0.2, 0.25) is 0 Å². The fourth-order valence-corrected chi connectivity index (χ4v) is 1.56. The number of hydrogen-bond acceptors (Lipinski definition) is 4. The van der Waals surface area contributed by atoms with Crippen molar-refractivity contribution >= 4 is 18.0 Å². The molecule has 2 amide bonds. The van der Waals surface area contributed by atoms with E-state index in [0.717, 1.165) is 0 Å². The molecule has 4 N–H and O–H groups in total. The van der Waals surface area contributed by atoms with Crippen molar-refractivity contribution in [3.8, 4) is 0 Å². The molecule has 0 aliphatic rings. The van der Waals surface area contributed by atoms with Crippen LogP contribution in [0.3, 0.4) is 0 Å². The maximum absolute atomic E-state index is 11.9. The number of amides is 2. The van der Waals surface area contributed by atoms with Gasteiger partial charge in [-0.25, -0.2) is 9.59 Å². The second-order valence-corrected chi connectivity index (χ2v) is 5.10. The van der Waals surface area contributed by atoms with Gasteiger partial charge in [-0.1, -0.05) is 0 Å². The Labute approximate surface area is 117 Å². The van der Waals surface area contributed by atoms with Crippen LogP contribution >= 0.6 is 0 Å². The van der Waals surface area contributed by atoms with Gasteiger partial charge in [0.05, 0.1) is 12.1 Å². The predicted octanol–water partition coefficient (Wildman–Crippen LogP) is 0.107. The molecule has 116 valence electrons. The summed E-state index contributed by atoms with van der Waals surface area (Å²) in [6.45, 7) is 5.09. The Morgan fingerprint density at radius 2 is 1.80 bits per heavy atom. The minimum atomic E-state index is -1.29.